The molecule has 2 rings (SSSR count). The van der Waals surface area contributed by atoms with Crippen molar-refractivity contribution >= 4 is 5.78 Å². The average molecular weight is 220 g/mol. The molecule has 1 nitrogen and oxygen atoms in total. The lowest BCUT2D eigenvalue weighted by Gasteiger charge is -2.20. The van der Waals surface area contributed by atoms with E-state index in [4.69, 9.17) is 0 Å². The van der Waals surface area contributed by atoms with Crippen molar-refractivity contribution in [3.8, 4) is 0 Å². The molecule has 1 fully saturated rings. The molecule has 0 radical (unpaired) electrons. The number of benzene rings is 1. The Labute approximate surface area is 95.7 Å². The van der Waals surface area contributed by atoms with E-state index in [0.717, 1.165) is 31.2 Å². The van der Waals surface area contributed by atoms with Crippen LogP contribution in [0.25, 0.3) is 0 Å². The fourth-order valence-electron chi connectivity index (χ4n) is 2.40. The molecule has 0 N–H and O–H groups in total. The van der Waals surface area contributed by atoms with Gasteiger partial charge in [-0.1, -0.05) is 25.3 Å². The summed E-state index contributed by atoms with van der Waals surface area (Å²) < 4.78 is 13.6. The first-order valence-corrected chi connectivity index (χ1v) is 5.99. The molecule has 0 amide bonds. The summed E-state index contributed by atoms with van der Waals surface area (Å²) in [6.45, 7) is 1.83. The van der Waals surface area contributed by atoms with Crippen molar-refractivity contribution in [2.45, 2.75) is 39.0 Å². The fourth-order valence-corrected chi connectivity index (χ4v) is 2.40. The van der Waals surface area contributed by atoms with Crippen LogP contribution < -0.4 is 0 Å². The summed E-state index contributed by atoms with van der Waals surface area (Å²) in [7, 11) is 0. The van der Waals surface area contributed by atoms with Gasteiger partial charge in [-0.2, -0.15) is 0 Å². The zero-order valence-electron chi connectivity index (χ0n) is 9.63. The average Bonchev–Trinajstić information content (AvgIpc) is 2.29. The van der Waals surface area contributed by atoms with Gasteiger partial charge in [0.05, 0.1) is 5.56 Å². The molecule has 0 unspecified atom stereocenters. The zero-order valence-corrected chi connectivity index (χ0v) is 9.63. The molecule has 1 aliphatic carbocycles. The van der Waals surface area contributed by atoms with Crippen molar-refractivity contribution in [1.82, 2.24) is 0 Å². The number of aryl methyl sites for hydroxylation is 1. The van der Waals surface area contributed by atoms with Gasteiger partial charge in [0, 0.05) is 5.92 Å². The summed E-state index contributed by atoms with van der Waals surface area (Å²) in [4.78, 5) is 12.1. The minimum atomic E-state index is -0.365. The Morgan fingerprint density at radius 3 is 2.56 bits per heavy atom. The summed E-state index contributed by atoms with van der Waals surface area (Å²) >= 11 is 0. The predicted octanol–water partition coefficient (Wildman–Crippen LogP) is 3.90. The zero-order chi connectivity index (χ0) is 11.5. The van der Waals surface area contributed by atoms with Crippen LogP contribution in [0.1, 0.15) is 48.0 Å². The van der Waals surface area contributed by atoms with Gasteiger partial charge in [-0.25, -0.2) is 4.39 Å². The third kappa shape index (κ3) is 2.31. The van der Waals surface area contributed by atoms with Crippen molar-refractivity contribution < 1.29 is 9.18 Å². The highest BCUT2D eigenvalue weighted by Crippen LogP contribution is 2.27. The molecule has 86 valence electrons. The summed E-state index contributed by atoms with van der Waals surface area (Å²) in [5.74, 6) is -0.321. The first kappa shape index (κ1) is 11.3. The number of halogens is 1. The normalized spacial score (nSPS) is 17.4. The second-order valence-corrected chi connectivity index (χ2v) is 4.68. The Balaban J connectivity index is 2.19. The Kier molecular flexibility index (Phi) is 3.37. The highest BCUT2D eigenvalue weighted by molar-refractivity contribution is 5.98. The number of hydrogen-bond acceptors (Lipinski definition) is 1. The monoisotopic (exact) mass is 220 g/mol. The molecule has 0 heterocycles. The van der Waals surface area contributed by atoms with Gasteiger partial charge >= 0.3 is 0 Å². The Hall–Kier alpha value is -1.18. The summed E-state index contributed by atoms with van der Waals surface area (Å²) in [5.41, 5.74) is 1.13. The lowest BCUT2D eigenvalue weighted by molar-refractivity contribution is 0.0885. The van der Waals surface area contributed by atoms with Crippen LogP contribution in [0.2, 0.25) is 0 Å². The standard InChI is InChI=1S/C14H17FO/c1-10-7-8-12(13(15)9-10)14(16)11-5-3-2-4-6-11/h7-9,11H,2-6H2,1H3. The van der Waals surface area contributed by atoms with Gasteiger partial charge in [0.25, 0.3) is 0 Å². The van der Waals surface area contributed by atoms with Crippen LogP contribution in [0.15, 0.2) is 18.2 Å². The van der Waals surface area contributed by atoms with Crippen LogP contribution >= 0.6 is 0 Å². The van der Waals surface area contributed by atoms with E-state index in [0.29, 0.717) is 0 Å². The Morgan fingerprint density at radius 1 is 1.25 bits per heavy atom. The van der Waals surface area contributed by atoms with Crippen molar-refractivity contribution in [2.75, 3.05) is 0 Å². The van der Waals surface area contributed by atoms with E-state index < -0.39 is 0 Å². The molecule has 0 spiro atoms. The lowest BCUT2D eigenvalue weighted by atomic mass is 9.83. The third-order valence-electron chi connectivity index (χ3n) is 3.37. The van der Waals surface area contributed by atoms with Crippen molar-refractivity contribution in [3.63, 3.8) is 0 Å². The van der Waals surface area contributed by atoms with Crippen LogP contribution in [-0.4, -0.2) is 5.78 Å². The molecule has 0 aromatic heterocycles. The molecule has 0 atom stereocenters. The minimum Gasteiger partial charge on any atom is -0.294 e. The first-order valence-electron chi connectivity index (χ1n) is 5.99. The lowest BCUT2D eigenvalue weighted by Crippen LogP contribution is -2.19. The maximum atomic E-state index is 13.6. The van der Waals surface area contributed by atoms with Gasteiger partial charge in [-0.15, -0.1) is 0 Å². The molecule has 1 aromatic rings. The van der Waals surface area contributed by atoms with Crippen LogP contribution in [0, 0.1) is 18.7 Å². The van der Waals surface area contributed by atoms with Crippen LogP contribution in [0.5, 0.6) is 0 Å². The van der Waals surface area contributed by atoms with Gasteiger partial charge in [0.15, 0.2) is 5.78 Å². The van der Waals surface area contributed by atoms with Gasteiger partial charge in [0.1, 0.15) is 5.82 Å². The topological polar surface area (TPSA) is 17.1 Å². The second kappa shape index (κ2) is 4.77. The van der Waals surface area contributed by atoms with E-state index in [9.17, 15) is 9.18 Å². The summed E-state index contributed by atoms with van der Waals surface area (Å²) in [6, 6.07) is 4.87. The third-order valence-corrected chi connectivity index (χ3v) is 3.37. The Bertz CT molecular complexity index is 392. The Morgan fingerprint density at radius 2 is 1.94 bits per heavy atom. The SMILES string of the molecule is Cc1ccc(C(=O)C2CCCCC2)c(F)c1. The minimum absolute atomic E-state index is 0.00259. The van der Waals surface area contributed by atoms with E-state index >= 15 is 0 Å². The van der Waals surface area contributed by atoms with E-state index in [-0.39, 0.29) is 23.1 Å². The van der Waals surface area contributed by atoms with Crippen LogP contribution in [0.3, 0.4) is 0 Å². The second-order valence-electron chi connectivity index (χ2n) is 4.68. The highest BCUT2D eigenvalue weighted by atomic mass is 19.1. The molecular formula is C14H17FO. The summed E-state index contributed by atoms with van der Waals surface area (Å²) in [5, 5.41) is 0. The maximum Gasteiger partial charge on any atom is 0.168 e. The van der Waals surface area contributed by atoms with E-state index in [2.05, 4.69) is 0 Å². The molecule has 1 aliphatic rings. The fraction of sp³-hybridized carbons (Fsp3) is 0.500. The molecule has 16 heavy (non-hydrogen) atoms. The molecular weight excluding hydrogens is 203 g/mol. The predicted molar refractivity (Wildman–Crippen MR) is 62.0 cm³/mol. The van der Waals surface area contributed by atoms with Gasteiger partial charge in [-0.3, -0.25) is 4.79 Å². The van der Waals surface area contributed by atoms with E-state index in [1.807, 2.05) is 6.92 Å². The van der Waals surface area contributed by atoms with Crippen LogP contribution in [-0.2, 0) is 0 Å². The quantitative estimate of drug-likeness (QED) is 0.691. The van der Waals surface area contributed by atoms with E-state index in [1.165, 1.54) is 12.5 Å². The molecule has 0 saturated heterocycles. The summed E-state index contributed by atoms with van der Waals surface area (Å²) in [6.07, 6.45) is 5.26. The van der Waals surface area contributed by atoms with Crippen molar-refractivity contribution in [3.05, 3.63) is 35.1 Å². The maximum absolute atomic E-state index is 13.6. The van der Waals surface area contributed by atoms with E-state index in [1.54, 1.807) is 12.1 Å². The molecule has 1 aromatic carbocycles. The molecule has 1 saturated carbocycles. The van der Waals surface area contributed by atoms with Gasteiger partial charge in [0.2, 0.25) is 0 Å². The van der Waals surface area contributed by atoms with Crippen LogP contribution in [0.4, 0.5) is 4.39 Å². The molecule has 2 heteroatoms. The number of ketones is 1. The molecule has 0 aliphatic heterocycles. The number of rotatable bonds is 2. The van der Waals surface area contributed by atoms with Crippen molar-refractivity contribution in [1.29, 1.82) is 0 Å². The largest absolute Gasteiger partial charge is 0.294 e. The number of Topliss-reactive ketones (excluding diaryl/α,β-unsaturated/α-hetero) is 1. The van der Waals surface area contributed by atoms with Gasteiger partial charge < -0.3 is 0 Å². The highest BCUT2D eigenvalue weighted by Gasteiger charge is 2.24. The number of carbonyl (C=O) groups is 1. The smallest absolute Gasteiger partial charge is 0.168 e. The number of carbonyl (C=O) groups excluding carboxylic acids is 1. The van der Waals surface area contributed by atoms with Crippen molar-refractivity contribution in [2.24, 2.45) is 5.92 Å². The molecule has 0 bridgehead atoms. The number of hydrogen-bond donors (Lipinski definition) is 0. The first-order chi connectivity index (χ1) is 7.68. The van der Waals surface area contributed by atoms with Gasteiger partial charge in [-0.05, 0) is 37.5 Å².